The van der Waals surface area contributed by atoms with E-state index in [0.717, 1.165) is 37.1 Å². The monoisotopic (exact) mass is 482 g/mol. The van der Waals surface area contributed by atoms with Gasteiger partial charge in [0, 0.05) is 35.5 Å². The number of nitrogen functional groups attached to an aromatic ring is 1. The summed E-state index contributed by atoms with van der Waals surface area (Å²) < 4.78 is 0. The fourth-order valence-electron chi connectivity index (χ4n) is 4.49. The maximum Gasteiger partial charge on any atom is 0.288 e. The van der Waals surface area contributed by atoms with Crippen LogP contribution in [-0.4, -0.2) is 45.0 Å². The number of likely N-dealkylation sites (tertiary alicyclic amines) is 1. The Labute approximate surface area is 207 Å². The molecule has 0 aliphatic carbocycles. The predicted octanol–water partition coefficient (Wildman–Crippen LogP) is 3.92. The zero-order chi connectivity index (χ0) is 25.4. The number of H-pyrrole nitrogens is 2. The van der Waals surface area contributed by atoms with Crippen molar-refractivity contribution in [2.24, 2.45) is 0 Å². The molecule has 2 aromatic heterocycles. The van der Waals surface area contributed by atoms with Crippen LogP contribution >= 0.6 is 0 Å². The number of amides is 2. The summed E-state index contributed by atoms with van der Waals surface area (Å²) in [5.41, 5.74) is 10.7. The molecule has 5 rings (SSSR count). The molecule has 9 heteroatoms. The van der Waals surface area contributed by atoms with Crippen molar-refractivity contribution in [3.63, 3.8) is 0 Å². The number of carbonyl (C=O) groups excluding carboxylic acids is 2. The highest BCUT2D eigenvalue weighted by atomic mass is 16.2. The molecule has 0 bridgehead atoms. The molecule has 0 saturated carbocycles. The summed E-state index contributed by atoms with van der Waals surface area (Å²) in [6.07, 6.45) is 2.05. The number of nitrogens with zero attached hydrogens (tertiary/aromatic N) is 2. The number of aromatic nitrogens is 3. The molecule has 36 heavy (non-hydrogen) atoms. The lowest BCUT2D eigenvalue weighted by molar-refractivity contribution is -0.112. The van der Waals surface area contributed by atoms with Crippen molar-refractivity contribution in [3.05, 3.63) is 76.6 Å². The SMILES string of the molecule is C=C(C)C(=O)Nc1ccc(-c2[nH]c3c(=O)[nH]nc(N)c3c2-c2ccc(C(=O)N3CCCC3)cc2)cc1. The van der Waals surface area contributed by atoms with Crippen LogP contribution in [-0.2, 0) is 4.79 Å². The van der Waals surface area contributed by atoms with Crippen LogP contribution in [0.25, 0.3) is 33.3 Å². The first kappa shape index (κ1) is 23.1. The maximum absolute atomic E-state index is 12.8. The lowest BCUT2D eigenvalue weighted by Crippen LogP contribution is -2.27. The Hall–Kier alpha value is -4.66. The number of benzene rings is 2. The summed E-state index contributed by atoms with van der Waals surface area (Å²) in [4.78, 5) is 42.4. The van der Waals surface area contributed by atoms with E-state index in [9.17, 15) is 14.4 Å². The minimum Gasteiger partial charge on any atom is -0.382 e. The summed E-state index contributed by atoms with van der Waals surface area (Å²) >= 11 is 0. The third kappa shape index (κ3) is 4.15. The molecular formula is C27H26N6O3. The molecule has 0 radical (unpaired) electrons. The Morgan fingerprint density at radius 3 is 2.31 bits per heavy atom. The minimum absolute atomic E-state index is 0.0169. The van der Waals surface area contributed by atoms with Crippen LogP contribution in [0.15, 0.2) is 65.5 Å². The average molecular weight is 483 g/mol. The van der Waals surface area contributed by atoms with Crippen LogP contribution in [0.2, 0.25) is 0 Å². The van der Waals surface area contributed by atoms with E-state index in [1.54, 1.807) is 31.2 Å². The van der Waals surface area contributed by atoms with Crippen molar-refractivity contribution in [2.75, 3.05) is 24.1 Å². The predicted molar refractivity (Wildman–Crippen MR) is 141 cm³/mol. The standard InChI is InChI=1S/C27H26N6O3/c1-15(2)25(34)29-19-11-9-17(10-12-19)22-20(21-23(30-22)26(35)32-31-24(21)28)16-5-7-18(8-6-16)27(36)33-13-3-4-14-33/h5-12,30H,1,3-4,13-14H2,2H3,(H2,28,31)(H,29,34)(H,32,35). The quantitative estimate of drug-likeness (QED) is 0.320. The van der Waals surface area contributed by atoms with Crippen LogP contribution in [0.5, 0.6) is 0 Å². The Morgan fingerprint density at radius 2 is 1.67 bits per heavy atom. The number of nitrogens with two attached hydrogens (primary N) is 1. The highest BCUT2D eigenvalue weighted by Gasteiger charge is 2.22. The largest absolute Gasteiger partial charge is 0.382 e. The highest BCUT2D eigenvalue weighted by Crippen LogP contribution is 2.39. The Morgan fingerprint density at radius 1 is 1.03 bits per heavy atom. The van der Waals surface area contributed by atoms with E-state index >= 15 is 0 Å². The third-order valence-electron chi connectivity index (χ3n) is 6.39. The Bertz CT molecular complexity index is 1540. The number of hydrogen-bond acceptors (Lipinski definition) is 5. The number of hydrogen-bond donors (Lipinski definition) is 4. The lowest BCUT2D eigenvalue weighted by atomic mass is 9.97. The van der Waals surface area contributed by atoms with Gasteiger partial charge in [0.15, 0.2) is 5.82 Å². The molecule has 5 N–H and O–H groups in total. The smallest absolute Gasteiger partial charge is 0.288 e. The van der Waals surface area contributed by atoms with Crippen molar-refractivity contribution in [1.29, 1.82) is 0 Å². The number of rotatable bonds is 5. The van der Waals surface area contributed by atoms with Crippen molar-refractivity contribution in [2.45, 2.75) is 19.8 Å². The van der Waals surface area contributed by atoms with Gasteiger partial charge in [-0.25, -0.2) is 5.10 Å². The molecule has 2 amide bonds. The molecule has 1 fully saturated rings. The number of nitrogens with one attached hydrogen (secondary N) is 3. The van der Waals surface area contributed by atoms with Gasteiger partial charge in [-0.3, -0.25) is 14.4 Å². The number of anilines is 2. The highest BCUT2D eigenvalue weighted by molar-refractivity contribution is 6.08. The van der Waals surface area contributed by atoms with E-state index in [-0.39, 0.29) is 17.6 Å². The van der Waals surface area contributed by atoms with Gasteiger partial charge in [-0.15, -0.1) is 0 Å². The van der Waals surface area contributed by atoms with Gasteiger partial charge in [-0.05, 0) is 55.2 Å². The summed E-state index contributed by atoms with van der Waals surface area (Å²) in [6, 6.07) is 14.5. The van der Waals surface area contributed by atoms with Gasteiger partial charge in [0.2, 0.25) is 0 Å². The minimum atomic E-state index is -0.391. The second kappa shape index (κ2) is 9.18. The van der Waals surface area contributed by atoms with Gasteiger partial charge < -0.3 is 20.9 Å². The lowest BCUT2D eigenvalue weighted by Gasteiger charge is -2.15. The topological polar surface area (TPSA) is 137 Å². The molecule has 182 valence electrons. The third-order valence-corrected chi connectivity index (χ3v) is 6.39. The number of fused-ring (bicyclic) bond motifs is 1. The molecule has 0 spiro atoms. The van der Waals surface area contributed by atoms with Crippen LogP contribution in [0.3, 0.4) is 0 Å². The average Bonchev–Trinajstić information content (AvgIpc) is 3.56. The van der Waals surface area contributed by atoms with Crippen molar-refractivity contribution in [3.8, 4) is 22.4 Å². The maximum atomic E-state index is 12.8. The van der Waals surface area contributed by atoms with Gasteiger partial charge in [-0.1, -0.05) is 30.8 Å². The van der Waals surface area contributed by atoms with Crippen LogP contribution in [0.4, 0.5) is 11.5 Å². The van der Waals surface area contributed by atoms with E-state index in [4.69, 9.17) is 5.73 Å². The molecule has 9 nitrogen and oxygen atoms in total. The molecule has 3 heterocycles. The summed E-state index contributed by atoms with van der Waals surface area (Å²) in [7, 11) is 0. The zero-order valence-electron chi connectivity index (χ0n) is 19.9. The van der Waals surface area contributed by atoms with Crippen LogP contribution in [0, 0.1) is 0 Å². The fourth-order valence-corrected chi connectivity index (χ4v) is 4.49. The van der Waals surface area contributed by atoms with Gasteiger partial charge in [-0.2, -0.15) is 5.10 Å². The van der Waals surface area contributed by atoms with E-state index in [2.05, 4.69) is 27.1 Å². The second-order valence-electron chi connectivity index (χ2n) is 8.95. The van der Waals surface area contributed by atoms with Crippen molar-refractivity contribution in [1.82, 2.24) is 20.1 Å². The molecule has 1 aliphatic rings. The van der Waals surface area contributed by atoms with Gasteiger partial charge in [0.25, 0.3) is 17.4 Å². The second-order valence-corrected chi connectivity index (χ2v) is 8.95. The Balaban J connectivity index is 1.59. The van der Waals surface area contributed by atoms with Crippen molar-refractivity contribution < 1.29 is 9.59 Å². The van der Waals surface area contributed by atoms with E-state index in [0.29, 0.717) is 39.0 Å². The van der Waals surface area contributed by atoms with Gasteiger partial charge >= 0.3 is 0 Å². The number of carbonyl (C=O) groups is 2. The normalized spacial score (nSPS) is 13.2. The fraction of sp³-hybridized carbons (Fsp3) is 0.185. The van der Waals surface area contributed by atoms with E-state index in [1.165, 1.54) is 0 Å². The van der Waals surface area contributed by atoms with Gasteiger partial charge in [0.1, 0.15) is 5.52 Å². The van der Waals surface area contributed by atoms with Crippen LogP contribution < -0.4 is 16.6 Å². The zero-order valence-corrected chi connectivity index (χ0v) is 19.9. The summed E-state index contributed by atoms with van der Waals surface area (Å²) in [6.45, 7) is 6.85. The first-order valence-electron chi connectivity index (χ1n) is 11.7. The number of aromatic amines is 2. The Kier molecular flexibility index (Phi) is 5.89. The molecular weight excluding hydrogens is 456 g/mol. The molecule has 1 aliphatic heterocycles. The molecule has 0 atom stereocenters. The van der Waals surface area contributed by atoms with E-state index < -0.39 is 5.56 Å². The first-order chi connectivity index (χ1) is 17.3. The van der Waals surface area contributed by atoms with Crippen LogP contribution in [0.1, 0.15) is 30.1 Å². The molecule has 0 unspecified atom stereocenters. The summed E-state index contributed by atoms with van der Waals surface area (Å²) in [5.74, 6) is -0.0594. The van der Waals surface area contributed by atoms with E-state index in [1.807, 2.05) is 29.2 Å². The first-order valence-corrected chi connectivity index (χ1v) is 11.7. The molecule has 1 saturated heterocycles. The molecule has 4 aromatic rings. The van der Waals surface area contributed by atoms with Crippen molar-refractivity contribution >= 4 is 34.2 Å². The van der Waals surface area contributed by atoms with Gasteiger partial charge in [0.05, 0.1) is 11.1 Å². The summed E-state index contributed by atoms with van der Waals surface area (Å²) in [5, 5.41) is 9.67. The molecule has 2 aromatic carbocycles.